The molecule has 0 spiro atoms. The summed E-state index contributed by atoms with van der Waals surface area (Å²) in [5.74, 6) is 0. The van der Waals surface area contributed by atoms with Gasteiger partial charge in [-0.2, -0.15) is 0 Å². The van der Waals surface area contributed by atoms with E-state index < -0.39 is 5.54 Å². The summed E-state index contributed by atoms with van der Waals surface area (Å²) in [6.45, 7) is 1.97. The van der Waals surface area contributed by atoms with Gasteiger partial charge in [-0.1, -0.05) is 36.4 Å². The predicted molar refractivity (Wildman–Crippen MR) is 104 cm³/mol. The molecule has 0 bridgehead atoms. The number of carbonyl (C=O) groups is 1. The van der Waals surface area contributed by atoms with Crippen LogP contribution in [-0.2, 0) is 12.8 Å². The van der Waals surface area contributed by atoms with Crippen LogP contribution >= 0.6 is 0 Å². The van der Waals surface area contributed by atoms with Crippen LogP contribution in [-0.4, -0.2) is 36.4 Å². The molecule has 4 rings (SSSR count). The van der Waals surface area contributed by atoms with E-state index in [0.29, 0.717) is 12.8 Å². The van der Waals surface area contributed by atoms with Crippen LogP contribution in [0.15, 0.2) is 48.5 Å². The smallest absolute Gasteiger partial charge is 0.319 e. The molecule has 1 aliphatic carbocycles. The number of anilines is 2. The topological polar surface area (TPSA) is 64.6 Å². The molecule has 2 aromatic rings. The number of nitrogens with one attached hydrogen (secondary N) is 2. The fourth-order valence-electron chi connectivity index (χ4n) is 4.14. The summed E-state index contributed by atoms with van der Waals surface area (Å²) in [4.78, 5) is 15.0. The summed E-state index contributed by atoms with van der Waals surface area (Å²) in [7, 11) is 0. The molecule has 0 atom stereocenters. The minimum Gasteiger partial charge on any atom is -0.394 e. The van der Waals surface area contributed by atoms with Gasteiger partial charge in [0.1, 0.15) is 0 Å². The average molecular weight is 351 g/mol. The highest BCUT2D eigenvalue weighted by molar-refractivity contribution is 5.93. The van der Waals surface area contributed by atoms with Gasteiger partial charge >= 0.3 is 6.03 Å². The second-order valence-corrected chi connectivity index (χ2v) is 7.35. The number of amides is 2. The lowest BCUT2D eigenvalue weighted by Crippen LogP contribution is -2.53. The van der Waals surface area contributed by atoms with E-state index in [1.165, 1.54) is 24.0 Å². The molecule has 5 nitrogen and oxygen atoms in total. The van der Waals surface area contributed by atoms with Gasteiger partial charge < -0.3 is 20.6 Å². The van der Waals surface area contributed by atoms with Gasteiger partial charge in [0.2, 0.25) is 0 Å². The van der Waals surface area contributed by atoms with Gasteiger partial charge in [-0.3, -0.25) is 0 Å². The highest BCUT2D eigenvalue weighted by Gasteiger charge is 2.38. The molecular weight excluding hydrogens is 326 g/mol. The molecule has 1 saturated heterocycles. The van der Waals surface area contributed by atoms with Crippen molar-refractivity contribution in [3.63, 3.8) is 0 Å². The van der Waals surface area contributed by atoms with Gasteiger partial charge in [-0.25, -0.2) is 4.79 Å². The normalized spacial score (nSPS) is 17.8. The molecule has 1 aliphatic heterocycles. The fraction of sp³-hybridized carbons (Fsp3) is 0.381. The van der Waals surface area contributed by atoms with E-state index in [-0.39, 0.29) is 12.6 Å². The van der Waals surface area contributed by atoms with Crippen molar-refractivity contribution >= 4 is 17.4 Å². The zero-order valence-corrected chi connectivity index (χ0v) is 14.9. The highest BCUT2D eigenvalue weighted by atomic mass is 16.3. The minimum absolute atomic E-state index is 0.0805. The number of fused-ring (bicyclic) bond motifs is 1. The Morgan fingerprint density at radius 1 is 1.00 bits per heavy atom. The maximum absolute atomic E-state index is 12.7. The Kier molecular flexibility index (Phi) is 4.55. The highest BCUT2D eigenvalue weighted by Crippen LogP contribution is 2.31. The molecule has 26 heavy (non-hydrogen) atoms. The third kappa shape index (κ3) is 3.27. The number of aliphatic hydroxyl groups excluding tert-OH is 1. The number of hydrogen-bond acceptors (Lipinski definition) is 3. The largest absolute Gasteiger partial charge is 0.394 e. The maximum atomic E-state index is 12.7. The van der Waals surface area contributed by atoms with E-state index >= 15 is 0 Å². The molecule has 2 amide bonds. The molecule has 136 valence electrons. The van der Waals surface area contributed by atoms with E-state index in [2.05, 4.69) is 27.7 Å². The summed E-state index contributed by atoms with van der Waals surface area (Å²) in [6.07, 6.45) is 3.68. The number of nitrogens with zero attached hydrogens (tertiary/aromatic N) is 1. The summed E-state index contributed by atoms with van der Waals surface area (Å²) in [6, 6.07) is 15.8. The minimum atomic E-state index is -0.629. The number of para-hydroxylation sites is 2. The number of carbonyl (C=O) groups excluding carboxylic acids is 1. The molecule has 2 aliphatic rings. The molecule has 2 aromatic carbocycles. The number of aliphatic hydroxyl groups is 1. The Balaban J connectivity index is 1.48. The molecule has 0 radical (unpaired) electrons. The van der Waals surface area contributed by atoms with Crippen LogP contribution in [0.25, 0.3) is 0 Å². The average Bonchev–Trinajstić information content (AvgIpc) is 3.29. The first-order chi connectivity index (χ1) is 12.7. The van der Waals surface area contributed by atoms with Crippen LogP contribution in [0.2, 0.25) is 0 Å². The van der Waals surface area contributed by atoms with Crippen LogP contribution in [0.4, 0.5) is 16.2 Å². The third-order valence-electron chi connectivity index (χ3n) is 5.46. The van der Waals surface area contributed by atoms with Crippen molar-refractivity contribution in [2.75, 3.05) is 29.9 Å². The van der Waals surface area contributed by atoms with E-state index in [0.717, 1.165) is 24.5 Å². The summed E-state index contributed by atoms with van der Waals surface area (Å²) >= 11 is 0. The van der Waals surface area contributed by atoms with Gasteiger partial charge in [0, 0.05) is 13.1 Å². The SMILES string of the molecule is O=C(Nc1ccccc1N1CCCC1)NC1(CO)Cc2ccccc2C1. The monoisotopic (exact) mass is 351 g/mol. The molecular formula is C21H25N3O2. The summed E-state index contributed by atoms with van der Waals surface area (Å²) in [5, 5.41) is 16.0. The standard InChI is InChI=1S/C21H25N3O2/c25-15-21(13-16-7-1-2-8-17(16)14-21)23-20(26)22-18-9-3-4-10-19(18)24-11-5-6-12-24/h1-4,7-10,25H,5-6,11-15H2,(H2,22,23,26). The van der Waals surface area contributed by atoms with E-state index in [1.807, 2.05) is 36.4 Å². The van der Waals surface area contributed by atoms with Gasteiger partial charge in [0.05, 0.1) is 23.5 Å². The van der Waals surface area contributed by atoms with Gasteiger partial charge in [-0.15, -0.1) is 0 Å². The Bertz CT molecular complexity index is 774. The third-order valence-corrected chi connectivity index (χ3v) is 5.46. The number of hydrogen-bond donors (Lipinski definition) is 3. The lowest BCUT2D eigenvalue weighted by atomic mass is 9.97. The molecule has 0 aromatic heterocycles. The predicted octanol–water partition coefficient (Wildman–Crippen LogP) is 2.94. The number of rotatable bonds is 4. The fourth-order valence-corrected chi connectivity index (χ4v) is 4.14. The van der Waals surface area contributed by atoms with Crippen LogP contribution in [0.5, 0.6) is 0 Å². The maximum Gasteiger partial charge on any atom is 0.319 e. The van der Waals surface area contributed by atoms with Gasteiger partial charge in [0.25, 0.3) is 0 Å². The van der Waals surface area contributed by atoms with E-state index in [4.69, 9.17) is 0 Å². The van der Waals surface area contributed by atoms with Crippen molar-refractivity contribution in [1.82, 2.24) is 5.32 Å². The zero-order valence-electron chi connectivity index (χ0n) is 14.9. The first kappa shape index (κ1) is 16.9. The van der Waals surface area contributed by atoms with Crippen molar-refractivity contribution in [1.29, 1.82) is 0 Å². The van der Waals surface area contributed by atoms with Crippen LogP contribution in [0, 0.1) is 0 Å². The number of urea groups is 1. The quantitative estimate of drug-likeness (QED) is 0.793. The second-order valence-electron chi connectivity index (χ2n) is 7.35. The Hall–Kier alpha value is -2.53. The first-order valence-corrected chi connectivity index (χ1v) is 9.30. The van der Waals surface area contributed by atoms with Crippen LogP contribution in [0.3, 0.4) is 0 Å². The molecule has 0 saturated carbocycles. The molecule has 1 fully saturated rings. The van der Waals surface area contributed by atoms with Gasteiger partial charge in [0.15, 0.2) is 0 Å². The Labute approximate surface area is 154 Å². The molecule has 3 N–H and O–H groups in total. The van der Waals surface area contributed by atoms with Crippen LogP contribution in [0.1, 0.15) is 24.0 Å². The van der Waals surface area contributed by atoms with Crippen molar-refractivity contribution in [3.05, 3.63) is 59.7 Å². The van der Waals surface area contributed by atoms with E-state index in [9.17, 15) is 9.90 Å². The van der Waals surface area contributed by atoms with Gasteiger partial charge in [-0.05, 0) is 48.9 Å². The molecule has 1 heterocycles. The van der Waals surface area contributed by atoms with Crippen molar-refractivity contribution in [2.24, 2.45) is 0 Å². The second kappa shape index (κ2) is 7.00. The van der Waals surface area contributed by atoms with Crippen molar-refractivity contribution in [2.45, 2.75) is 31.2 Å². The van der Waals surface area contributed by atoms with Crippen molar-refractivity contribution in [3.8, 4) is 0 Å². The Morgan fingerprint density at radius 3 is 2.27 bits per heavy atom. The lowest BCUT2D eigenvalue weighted by molar-refractivity contribution is 0.170. The first-order valence-electron chi connectivity index (χ1n) is 9.30. The number of benzene rings is 2. The molecule has 0 unspecified atom stereocenters. The molecule has 5 heteroatoms. The lowest BCUT2D eigenvalue weighted by Gasteiger charge is -2.29. The summed E-state index contributed by atoms with van der Waals surface area (Å²) < 4.78 is 0. The Morgan fingerprint density at radius 2 is 1.62 bits per heavy atom. The zero-order chi connectivity index (χ0) is 18.0. The summed E-state index contributed by atoms with van der Waals surface area (Å²) in [5.41, 5.74) is 3.64. The van der Waals surface area contributed by atoms with Crippen LogP contribution < -0.4 is 15.5 Å². The van der Waals surface area contributed by atoms with E-state index in [1.54, 1.807) is 0 Å². The van der Waals surface area contributed by atoms with Crippen molar-refractivity contribution < 1.29 is 9.90 Å².